The molecule has 21 heavy (non-hydrogen) atoms. The summed E-state index contributed by atoms with van der Waals surface area (Å²) in [6, 6.07) is 17.0. The van der Waals surface area contributed by atoms with Crippen LogP contribution in [0.4, 0.5) is 0 Å². The van der Waals surface area contributed by atoms with Crippen molar-refractivity contribution < 1.29 is 4.74 Å². The van der Waals surface area contributed by atoms with E-state index in [9.17, 15) is 0 Å². The summed E-state index contributed by atoms with van der Waals surface area (Å²) in [4.78, 5) is 0. The molecular weight excluding hydrogens is 258 g/mol. The molecule has 0 aromatic heterocycles. The van der Waals surface area contributed by atoms with E-state index in [1.807, 2.05) is 18.2 Å². The van der Waals surface area contributed by atoms with E-state index < -0.39 is 0 Å². The minimum absolute atomic E-state index is 0.0109. The van der Waals surface area contributed by atoms with Gasteiger partial charge in [0.2, 0.25) is 0 Å². The third-order valence-electron chi connectivity index (χ3n) is 4.57. The van der Waals surface area contributed by atoms with Gasteiger partial charge in [-0.25, -0.2) is 0 Å². The Morgan fingerprint density at radius 1 is 1.10 bits per heavy atom. The van der Waals surface area contributed by atoms with Gasteiger partial charge in [0.15, 0.2) is 0 Å². The molecule has 3 rings (SSSR count). The van der Waals surface area contributed by atoms with Crippen LogP contribution in [-0.2, 0) is 6.42 Å². The molecule has 1 fully saturated rings. The molecule has 2 N–H and O–H groups in total. The fraction of sp³-hybridized carbons (Fsp3) is 0.368. The van der Waals surface area contributed by atoms with Crippen LogP contribution < -0.4 is 10.5 Å². The highest BCUT2D eigenvalue weighted by Gasteiger charge is 2.19. The Bertz CT molecular complexity index is 587. The van der Waals surface area contributed by atoms with Crippen molar-refractivity contribution in [1.29, 1.82) is 0 Å². The lowest BCUT2D eigenvalue weighted by Crippen LogP contribution is -2.14. The van der Waals surface area contributed by atoms with Crippen LogP contribution in [0.2, 0.25) is 0 Å². The fourth-order valence-electron chi connectivity index (χ4n) is 2.98. The Hall–Kier alpha value is -1.80. The number of benzene rings is 2. The molecule has 0 spiro atoms. The zero-order valence-electron chi connectivity index (χ0n) is 12.6. The number of nitrogens with two attached hydrogens (primary N) is 1. The van der Waals surface area contributed by atoms with Crippen LogP contribution in [0.25, 0.3) is 0 Å². The van der Waals surface area contributed by atoms with Crippen molar-refractivity contribution in [3.63, 3.8) is 0 Å². The third kappa shape index (κ3) is 3.11. The molecule has 1 unspecified atom stereocenters. The zero-order chi connectivity index (χ0) is 14.7. The van der Waals surface area contributed by atoms with Gasteiger partial charge in [0.05, 0.1) is 7.11 Å². The highest BCUT2D eigenvalue weighted by molar-refractivity contribution is 5.36. The van der Waals surface area contributed by atoms with E-state index in [2.05, 4.69) is 30.3 Å². The van der Waals surface area contributed by atoms with Gasteiger partial charge >= 0.3 is 0 Å². The number of rotatable bonds is 5. The van der Waals surface area contributed by atoms with Crippen LogP contribution in [0.1, 0.15) is 47.9 Å². The first-order valence-corrected chi connectivity index (χ1v) is 7.75. The summed E-state index contributed by atoms with van der Waals surface area (Å²) < 4.78 is 5.40. The lowest BCUT2D eigenvalue weighted by Gasteiger charge is -2.26. The smallest absolute Gasteiger partial charge is 0.122 e. The molecule has 1 saturated carbocycles. The summed E-state index contributed by atoms with van der Waals surface area (Å²) in [5.74, 6) is 1.70. The molecule has 1 aliphatic rings. The van der Waals surface area contributed by atoms with Crippen LogP contribution in [0.15, 0.2) is 48.5 Å². The average Bonchev–Trinajstić information content (AvgIpc) is 2.47. The summed E-state index contributed by atoms with van der Waals surface area (Å²) in [6.45, 7) is 0. The second kappa shape index (κ2) is 6.31. The number of hydrogen-bond acceptors (Lipinski definition) is 2. The zero-order valence-corrected chi connectivity index (χ0v) is 12.6. The molecule has 2 heteroatoms. The first-order valence-electron chi connectivity index (χ1n) is 7.75. The van der Waals surface area contributed by atoms with Crippen LogP contribution in [0, 0.1) is 0 Å². The van der Waals surface area contributed by atoms with E-state index in [1.54, 1.807) is 7.11 Å². The largest absolute Gasteiger partial charge is 0.496 e. The van der Waals surface area contributed by atoms with Crippen LogP contribution in [0.3, 0.4) is 0 Å². The maximum atomic E-state index is 6.37. The Balaban J connectivity index is 1.71. The molecule has 0 saturated heterocycles. The van der Waals surface area contributed by atoms with Gasteiger partial charge in [-0.2, -0.15) is 0 Å². The number of para-hydroxylation sites is 1. The van der Waals surface area contributed by atoms with Crippen LogP contribution >= 0.6 is 0 Å². The molecule has 0 bridgehead atoms. The summed E-state index contributed by atoms with van der Waals surface area (Å²) in [5, 5.41) is 0. The van der Waals surface area contributed by atoms with E-state index in [0.29, 0.717) is 0 Å². The standard InChI is InChI=1S/C19H23NO/c1-21-19-8-3-2-5-17(19)13-18(20)16-11-9-15(10-12-16)14-6-4-7-14/h2-3,5,8-12,14,18H,4,6-7,13,20H2,1H3. The monoisotopic (exact) mass is 281 g/mol. The predicted molar refractivity (Wildman–Crippen MR) is 86.7 cm³/mol. The van der Waals surface area contributed by atoms with E-state index in [0.717, 1.165) is 23.7 Å². The Kier molecular flexibility index (Phi) is 4.26. The quantitative estimate of drug-likeness (QED) is 0.891. The van der Waals surface area contributed by atoms with Crippen molar-refractivity contribution in [2.75, 3.05) is 7.11 Å². The number of methoxy groups -OCH3 is 1. The highest BCUT2D eigenvalue weighted by atomic mass is 16.5. The van der Waals surface area contributed by atoms with Gasteiger partial charge in [0, 0.05) is 6.04 Å². The van der Waals surface area contributed by atoms with Gasteiger partial charge in [-0.05, 0) is 47.9 Å². The maximum Gasteiger partial charge on any atom is 0.122 e. The van der Waals surface area contributed by atoms with Gasteiger partial charge < -0.3 is 10.5 Å². The second-order valence-electron chi connectivity index (χ2n) is 5.92. The molecule has 110 valence electrons. The Labute approximate surface area is 126 Å². The molecule has 1 aliphatic carbocycles. The van der Waals surface area contributed by atoms with Gasteiger partial charge in [-0.3, -0.25) is 0 Å². The molecular formula is C19H23NO. The third-order valence-corrected chi connectivity index (χ3v) is 4.57. The van der Waals surface area contributed by atoms with E-state index in [4.69, 9.17) is 10.5 Å². The summed E-state index contributed by atoms with van der Waals surface area (Å²) in [6.07, 6.45) is 4.85. The topological polar surface area (TPSA) is 35.2 Å². The summed E-state index contributed by atoms with van der Waals surface area (Å²) in [7, 11) is 1.71. The second-order valence-corrected chi connectivity index (χ2v) is 5.92. The highest BCUT2D eigenvalue weighted by Crippen LogP contribution is 2.36. The Morgan fingerprint density at radius 2 is 1.81 bits per heavy atom. The normalized spacial score (nSPS) is 16.3. The maximum absolute atomic E-state index is 6.37. The molecule has 0 radical (unpaired) electrons. The van der Waals surface area contributed by atoms with Crippen molar-refractivity contribution in [3.05, 3.63) is 65.2 Å². The molecule has 0 amide bonds. The fourth-order valence-corrected chi connectivity index (χ4v) is 2.98. The van der Waals surface area contributed by atoms with Crippen LogP contribution in [0.5, 0.6) is 5.75 Å². The predicted octanol–water partition coefficient (Wildman–Crippen LogP) is 4.21. The van der Waals surface area contributed by atoms with E-state index in [-0.39, 0.29) is 6.04 Å². The lowest BCUT2D eigenvalue weighted by molar-refractivity contribution is 0.408. The molecule has 1 atom stereocenters. The van der Waals surface area contributed by atoms with E-state index >= 15 is 0 Å². The first kappa shape index (κ1) is 14.2. The van der Waals surface area contributed by atoms with Gasteiger partial charge in [-0.1, -0.05) is 48.9 Å². The molecule has 0 aliphatic heterocycles. The summed E-state index contributed by atoms with van der Waals surface area (Å²) >= 11 is 0. The van der Waals surface area contributed by atoms with Gasteiger partial charge in [-0.15, -0.1) is 0 Å². The van der Waals surface area contributed by atoms with Crippen molar-refractivity contribution in [2.45, 2.75) is 37.6 Å². The van der Waals surface area contributed by atoms with Crippen LogP contribution in [-0.4, -0.2) is 7.11 Å². The van der Waals surface area contributed by atoms with Crippen molar-refractivity contribution in [1.82, 2.24) is 0 Å². The minimum atomic E-state index is 0.0109. The first-order chi connectivity index (χ1) is 10.3. The molecule has 0 heterocycles. The van der Waals surface area contributed by atoms with Gasteiger partial charge in [0.25, 0.3) is 0 Å². The SMILES string of the molecule is COc1ccccc1CC(N)c1ccc(C2CCC2)cc1. The number of ether oxygens (including phenoxy) is 1. The van der Waals surface area contributed by atoms with E-state index in [1.165, 1.54) is 30.4 Å². The van der Waals surface area contributed by atoms with Crippen molar-refractivity contribution in [3.8, 4) is 5.75 Å². The molecule has 2 aromatic rings. The van der Waals surface area contributed by atoms with Crippen molar-refractivity contribution in [2.24, 2.45) is 5.73 Å². The summed E-state index contributed by atoms with van der Waals surface area (Å²) in [5.41, 5.74) is 10.2. The van der Waals surface area contributed by atoms with Gasteiger partial charge in [0.1, 0.15) is 5.75 Å². The van der Waals surface area contributed by atoms with Crippen molar-refractivity contribution >= 4 is 0 Å². The lowest BCUT2D eigenvalue weighted by atomic mass is 9.80. The molecule has 2 aromatic carbocycles. The molecule has 2 nitrogen and oxygen atoms in total. The number of hydrogen-bond donors (Lipinski definition) is 1. The minimum Gasteiger partial charge on any atom is -0.496 e. The Morgan fingerprint density at radius 3 is 2.43 bits per heavy atom. The average molecular weight is 281 g/mol.